The van der Waals surface area contributed by atoms with Gasteiger partial charge in [-0.15, -0.1) is 0 Å². The van der Waals surface area contributed by atoms with Gasteiger partial charge in [0.1, 0.15) is 11.2 Å². The first-order chi connectivity index (χ1) is 14.3. The summed E-state index contributed by atoms with van der Waals surface area (Å²) < 4.78 is 5.45. The first-order valence-corrected chi connectivity index (χ1v) is 10.1. The lowest BCUT2D eigenvalue weighted by molar-refractivity contribution is 0.0663. The van der Waals surface area contributed by atoms with Crippen LogP contribution in [-0.2, 0) is 6.54 Å². The highest BCUT2D eigenvalue weighted by Crippen LogP contribution is 2.29. The summed E-state index contributed by atoms with van der Waals surface area (Å²) in [6, 6.07) is 15.2. The standard InChI is InChI=1S/C24H29N3O3/c1-4-24(29,5-2)22(25)15-27(26)14-17-9-10-19-20(13-23(28)30-21(19)12-17)18-8-6-7-16(3)11-18/h6-13,15,29H,4-5,14,25-26H2,1-3H3/b22-15-. The van der Waals surface area contributed by atoms with Gasteiger partial charge in [0.2, 0.25) is 0 Å². The molecule has 5 N–H and O–H groups in total. The molecule has 0 radical (unpaired) electrons. The quantitative estimate of drug-likeness (QED) is 0.313. The highest BCUT2D eigenvalue weighted by molar-refractivity contribution is 5.93. The summed E-state index contributed by atoms with van der Waals surface area (Å²) in [5, 5.41) is 12.8. The number of fused-ring (bicyclic) bond motifs is 1. The Kier molecular flexibility index (Phi) is 6.29. The Morgan fingerprint density at radius 3 is 2.57 bits per heavy atom. The number of hydrazine groups is 1. The van der Waals surface area contributed by atoms with Crippen molar-refractivity contribution >= 4 is 11.0 Å². The minimum atomic E-state index is -1.07. The van der Waals surface area contributed by atoms with Crippen molar-refractivity contribution in [2.24, 2.45) is 11.6 Å². The summed E-state index contributed by atoms with van der Waals surface area (Å²) in [5.74, 6) is 6.10. The third-order valence-electron chi connectivity index (χ3n) is 5.52. The van der Waals surface area contributed by atoms with Crippen LogP contribution in [0.4, 0.5) is 0 Å². The Hall–Kier alpha value is -3.09. The average Bonchev–Trinajstić information content (AvgIpc) is 2.72. The molecule has 2 aromatic carbocycles. The van der Waals surface area contributed by atoms with Gasteiger partial charge in [-0.05, 0) is 42.5 Å². The summed E-state index contributed by atoms with van der Waals surface area (Å²) in [4.78, 5) is 12.2. The number of nitrogens with zero attached hydrogens (tertiary/aromatic N) is 1. The molecule has 0 saturated heterocycles. The minimum Gasteiger partial charge on any atom is -0.423 e. The van der Waals surface area contributed by atoms with Crippen LogP contribution >= 0.6 is 0 Å². The molecule has 1 heterocycles. The van der Waals surface area contributed by atoms with Crippen LogP contribution in [0.15, 0.2) is 69.6 Å². The van der Waals surface area contributed by atoms with Crippen molar-refractivity contribution in [1.82, 2.24) is 5.01 Å². The predicted molar refractivity (Wildman–Crippen MR) is 120 cm³/mol. The largest absolute Gasteiger partial charge is 0.423 e. The minimum absolute atomic E-state index is 0.323. The van der Waals surface area contributed by atoms with E-state index in [9.17, 15) is 9.90 Å². The van der Waals surface area contributed by atoms with E-state index in [2.05, 4.69) is 0 Å². The average molecular weight is 408 g/mol. The molecule has 0 bridgehead atoms. The van der Waals surface area contributed by atoms with Gasteiger partial charge in [-0.25, -0.2) is 10.6 Å². The van der Waals surface area contributed by atoms with E-state index in [4.69, 9.17) is 16.0 Å². The molecular formula is C24H29N3O3. The molecule has 6 heteroatoms. The van der Waals surface area contributed by atoms with Gasteiger partial charge in [0.25, 0.3) is 0 Å². The third-order valence-corrected chi connectivity index (χ3v) is 5.52. The molecule has 0 atom stereocenters. The van der Waals surface area contributed by atoms with Crippen molar-refractivity contribution in [3.63, 3.8) is 0 Å². The van der Waals surface area contributed by atoms with Gasteiger partial charge in [-0.2, -0.15) is 0 Å². The Bertz CT molecular complexity index is 1130. The fraction of sp³-hybridized carbons (Fsp3) is 0.292. The SMILES string of the molecule is CCC(O)(CC)/C(N)=C/N(N)Cc1ccc2c(-c3cccc(C)c3)cc(=O)oc2c1. The van der Waals surface area contributed by atoms with Crippen molar-refractivity contribution in [2.75, 3.05) is 0 Å². The molecule has 0 spiro atoms. The van der Waals surface area contributed by atoms with E-state index < -0.39 is 11.2 Å². The normalized spacial score (nSPS) is 12.4. The fourth-order valence-corrected chi connectivity index (χ4v) is 3.57. The molecule has 6 nitrogen and oxygen atoms in total. The monoisotopic (exact) mass is 407 g/mol. The number of hydrogen-bond donors (Lipinski definition) is 3. The molecule has 0 aliphatic rings. The lowest BCUT2D eigenvalue weighted by Gasteiger charge is -2.27. The van der Waals surface area contributed by atoms with Gasteiger partial charge in [-0.1, -0.05) is 55.8 Å². The van der Waals surface area contributed by atoms with Crippen LogP contribution in [0.3, 0.4) is 0 Å². The number of aryl methyl sites for hydroxylation is 1. The summed E-state index contributed by atoms with van der Waals surface area (Å²) >= 11 is 0. The summed E-state index contributed by atoms with van der Waals surface area (Å²) in [7, 11) is 0. The first kappa shape index (κ1) is 21.6. The topological polar surface area (TPSA) is 106 Å². The zero-order chi connectivity index (χ0) is 21.9. The van der Waals surface area contributed by atoms with E-state index in [1.165, 1.54) is 11.1 Å². The molecule has 30 heavy (non-hydrogen) atoms. The molecule has 0 aliphatic carbocycles. The zero-order valence-corrected chi connectivity index (χ0v) is 17.7. The maximum absolute atomic E-state index is 12.2. The highest BCUT2D eigenvalue weighted by Gasteiger charge is 2.25. The van der Waals surface area contributed by atoms with Crippen molar-refractivity contribution in [3.8, 4) is 11.1 Å². The second-order valence-corrected chi connectivity index (χ2v) is 7.67. The number of rotatable bonds is 7. The zero-order valence-electron chi connectivity index (χ0n) is 17.7. The number of aliphatic hydroxyl groups is 1. The van der Waals surface area contributed by atoms with Crippen LogP contribution in [0.1, 0.15) is 37.8 Å². The van der Waals surface area contributed by atoms with Gasteiger partial charge < -0.3 is 20.3 Å². The maximum Gasteiger partial charge on any atom is 0.336 e. The smallest absolute Gasteiger partial charge is 0.336 e. The van der Waals surface area contributed by atoms with Crippen molar-refractivity contribution in [2.45, 2.75) is 45.8 Å². The lowest BCUT2D eigenvalue weighted by Crippen LogP contribution is -2.37. The number of hydrogen-bond acceptors (Lipinski definition) is 6. The van der Waals surface area contributed by atoms with Gasteiger partial charge >= 0.3 is 5.63 Å². The van der Waals surface area contributed by atoms with Gasteiger partial charge in [0, 0.05) is 17.7 Å². The van der Waals surface area contributed by atoms with Crippen molar-refractivity contribution in [1.29, 1.82) is 0 Å². The fourth-order valence-electron chi connectivity index (χ4n) is 3.57. The molecule has 3 rings (SSSR count). The maximum atomic E-state index is 12.2. The summed E-state index contributed by atoms with van der Waals surface area (Å²) in [5.41, 5.74) is 9.19. The molecule has 158 valence electrons. The van der Waals surface area contributed by atoms with Gasteiger partial charge in [0.15, 0.2) is 0 Å². The number of benzene rings is 2. The van der Waals surface area contributed by atoms with Gasteiger partial charge in [0.05, 0.1) is 12.2 Å². The molecule has 0 unspecified atom stereocenters. The Morgan fingerprint density at radius 1 is 1.17 bits per heavy atom. The van der Waals surface area contributed by atoms with Crippen LogP contribution in [0.2, 0.25) is 0 Å². The van der Waals surface area contributed by atoms with E-state index in [0.717, 1.165) is 27.6 Å². The van der Waals surface area contributed by atoms with Crippen LogP contribution in [0.5, 0.6) is 0 Å². The summed E-state index contributed by atoms with van der Waals surface area (Å²) in [6.07, 6.45) is 2.56. The molecule has 0 saturated carbocycles. The van der Waals surface area contributed by atoms with E-state index in [1.54, 1.807) is 6.20 Å². The second-order valence-electron chi connectivity index (χ2n) is 7.67. The van der Waals surface area contributed by atoms with Gasteiger partial charge in [-0.3, -0.25) is 0 Å². The van der Waals surface area contributed by atoms with Crippen molar-refractivity contribution in [3.05, 3.63) is 82.0 Å². The Balaban J connectivity index is 1.94. The predicted octanol–water partition coefficient (Wildman–Crippen LogP) is 3.80. The molecule has 0 fully saturated rings. The molecule has 0 aliphatic heterocycles. The van der Waals surface area contributed by atoms with E-state index in [1.807, 2.05) is 63.2 Å². The van der Waals surface area contributed by atoms with Crippen LogP contribution in [-0.4, -0.2) is 15.7 Å². The first-order valence-electron chi connectivity index (χ1n) is 10.1. The second kappa shape index (κ2) is 8.73. The number of nitrogens with two attached hydrogens (primary N) is 2. The molecule has 1 aromatic heterocycles. The van der Waals surface area contributed by atoms with Crippen molar-refractivity contribution < 1.29 is 9.52 Å². The third kappa shape index (κ3) is 4.56. The van der Waals surface area contributed by atoms with E-state index in [-0.39, 0.29) is 0 Å². The van der Waals surface area contributed by atoms with Crippen LogP contribution in [0, 0.1) is 6.92 Å². The Labute approximate surface area is 176 Å². The highest BCUT2D eigenvalue weighted by atomic mass is 16.4. The van der Waals surface area contributed by atoms with E-state index >= 15 is 0 Å². The molecular weight excluding hydrogens is 378 g/mol. The van der Waals surface area contributed by atoms with Crippen LogP contribution < -0.4 is 17.2 Å². The van der Waals surface area contributed by atoms with Crippen LogP contribution in [0.25, 0.3) is 22.1 Å². The molecule has 0 amide bonds. The summed E-state index contributed by atoms with van der Waals surface area (Å²) in [6.45, 7) is 6.12. The Morgan fingerprint density at radius 2 is 1.90 bits per heavy atom. The lowest BCUT2D eigenvalue weighted by atomic mass is 9.94. The van der Waals surface area contributed by atoms with E-state index in [0.29, 0.717) is 30.7 Å². The molecule has 3 aromatic rings.